The SMILES string of the molecule is COc1cc(-c2ccc(SC)cc2)cc2c1OCCN(C(=O)c1ccoc1)C2. The normalized spacial score (nSPS) is 13.4. The summed E-state index contributed by atoms with van der Waals surface area (Å²) in [5, 5.41) is 0. The van der Waals surface area contributed by atoms with Gasteiger partial charge in [-0.15, -0.1) is 11.8 Å². The van der Waals surface area contributed by atoms with Crippen LogP contribution in [0.15, 0.2) is 64.3 Å². The molecule has 0 spiro atoms. The average Bonchev–Trinajstić information content (AvgIpc) is 3.19. The van der Waals surface area contributed by atoms with E-state index in [1.807, 2.05) is 6.07 Å². The first kappa shape index (κ1) is 18.5. The maximum atomic E-state index is 12.8. The third-order valence-electron chi connectivity index (χ3n) is 4.80. The van der Waals surface area contributed by atoms with Gasteiger partial charge in [0.05, 0.1) is 25.5 Å². The Balaban J connectivity index is 1.70. The first-order valence-corrected chi connectivity index (χ1v) is 10.2. The smallest absolute Gasteiger partial charge is 0.257 e. The number of rotatable bonds is 4. The Morgan fingerprint density at radius 2 is 1.96 bits per heavy atom. The minimum atomic E-state index is -0.0705. The number of ether oxygens (including phenoxy) is 2. The van der Waals surface area contributed by atoms with Crippen molar-refractivity contribution in [2.24, 2.45) is 0 Å². The van der Waals surface area contributed by atoms with Crippen molar-refractivity contribution in [1.82, 2.24) is 4.90 Å². The third kappa shape index (κ3) is 3.60. The zero-order valence-electron chi connectivity index (χ0n) is 15.8. The Hall–Kier alpha value is -2.86. The molecule has 1 aliphatic rings. The minimum Gasteiger partial charge on any atom is -0.493 e. The van der Waals surface area contributed by atoms with Gasteiger partial charge in [-0.1, -0.05) is 12.1 Å². The van der Waals surface area contributed by atoms with Crippen LogP contribution in [0.4, 0.5) is 0 Å². The van der Waals surface area contributed by atoms with Crippen molar-refractivity contribution in [3.05, 3.63) is 66.1 Å². The monoisotopic (exact) mass is 395 g/mol. The molecule has 4 rings (SSSR count). The second kappa shape index (κ2) is 8.02. The molecular weight excluding hydrogens is 374 g/mol. The summed E-state index contributed by atoms with van der Waals surface area (Å²) in [6.07, 6.45) is 5.04. The van der Waals surface area contributed by atoms with Gasteiger partial charge in [-0.05, 0) is 47.7 Å². The number of amides is 1. The third-order valence-corrected chi connectivity index (χ3v) is 5.54. The molecule has 0 fully saturated rings. The van der Waals surface area contributed by atoms with E-state index in [9.17, 15) is 4.79 Å². The van der Waals surface area contributed by atoms with E-state index in [4.69, 9.17) is 13.9 Å². The van der Waals surface area contributed by atoms with Crippen LogP contribution in [0, 0.1) is 0 Å². The Bertz CT molecular complexity index is 967. The topological polar surface area (TPSA) is 51.9 Å². The lowest BCUT2D eigenvalue weighted by Crippen LogP contribution is -2.32. The minimum absolute atomic E-state index is 0.0705. The van der Waals surface area contributed by atoms with Crippen LogP contribution in [0.5, 0.6) is 11.5 Å². The van der Waals surface area contributed by atoms with E-state index >= 15 is 0 Å². The zero-order valence-corrected chi connectivity index (χ0v) is 16.6. The second-order valence-electron chi connectivity index (χ2n) is 6.48. The first-order valence-electron chi connectivity index (χ1n) is 8.99. The summed E-state index contributed by atoms with van der Waals surface area (Å²) in [5.74, 6) is 1.31. The van der Waals surface area contributed by atoms with Crippen LogP contribution in [0.25, 0.3) is 11.1 Å². The van der Waals surface area contributed by atoms with Crippen molar-refractivity contribution >= 4 is 17.7 Å². The molecule has 0 saturated heterocycles. The van der Waals surface area contributed by atoms with E-state index in [1.54, 1.807) is 29.8 Å². The fourth-order valence-electron chi connectivity index (χ4n) is 3.33. The highest BCUT2D eigenvalue weighted by Crippen LogP contribution is 2.38. The van der Waals surface area contributed by atoms with Gasteiger partial charge in [0.1, 0.15) is 12.9 Å². The molecule has 1 aromatic heterocycles. The number of carbonyl (C=O) groups is 1. The van der Waals surface area contributed by atoms with Gasteiger partial charge in [-0.2, -0.15) is 0 Å². The summed E-state index contributed by atoms with van der Waals surface area (Å²) in [7, 11) is 1.64. The van der Waals surface area contributed by atoms with Crippen molar-refractivity contribution in [1.29, 1.82) is 0 Å². The van der Waals surface area contributed by atoms with E-state index in [2.05, 4.69) is 36.6 Å². The van der Waals surface area contributed by atoms with Gasteiger partial charge < -0.3 is 18.8 Å². The number of benzene rings is 2. The molecular formula is C22H21NO4S. The van der Waals surface area contributed by atoms with Crippen LogP contribution in [0.3, 0.4) is 0 Å². The molecule has 2 aromatic carbocycles. The molecule has 1 aliphatic heterocycles. The molecule has 5 nitrogen and oxygen atoms in total. The predicted octanol–water partition coefficient (Wildman–Crippen LogP) is 4.71. The summed E-state index contributed by atoms with van der Waals surface area (Å²) >= 11 is 1.71. The highest BCUT2D eigenvalue weighted by Gasteiger charge is 2.24. The number of thioether (sulfide) groups is 1. The number of fused-ring (bicyclic) bond motifs is 1. The van der Waals surface area contributed by atoms with E-state index in [0.29, 0.717) is 36.8 Å². The second-order valence-corrected chi connectivity index (χ2v) is 7.36. The van der Waals surface area contributed by atoms with Gasteiger partial charge >= 0.3 is 0 Å². The number of carbonyl (C=O) groups excluding carboxylic acids is 1. The van der Waals surface area contributed by atoms with E-state index < -0.39 is 0 Å². The maximum Gasteiger partial charge on any atom is 0.257 e. The fraction of sp³-hybridized carbons (Fsp3) is 0.227. The standard InChI is InChI=1S/C22H21NO4S/c1-25-20-12-17(15-3-5-19(28-2)6-4-15)11-18-13-23(8-10-27-21(18)20)22(24)16-7-9-26-14-16/h3-7,9,11-12,14H,8,10,13H2,1-2H3. The van der Waals surface area contributed by atoms with Gasteiger partial charge in [0.15, 0.2) is 11.5 Å². The summed E-state index contributed by atoms with van der Waals surface area (Å²) in [6, 6.07) is 14.1. The van der Waals surface area contributed by atoms with Crippen LogP contribution in [-0.2, 0) is 6.54 Å². The number of hydrogen-bond acceptors (Lipinski definition) is 5. The molecule has 2 heterocycles. The average molecular weight is 395 g/mol. The highest BCUT2D eigenvalue weighted by molar-refractivity contribution is 7.98. The summed E-state index contributed by atoms with van der Waals surface area (Å²) < 4.78 is 16.6. The Morgan fingerprint density at radius 3 is 2.64 bits per heavy atom. The van der Waals surface area contributed by atoms with Crippen molar-refractivity contribution in [2.75, 3.05) is 26.5 Å². The number of nitrogens with zero attached hydrogens (tertiary/aromatic N) is 1. The molecule has 0 saturated carbocycles. The van der Waals surface area contributed by atoms with Crippen molar-refractivity contribution in [3.63, 3.8) is 0 Å². The largest absolute Gasteiger partial charge is 0.493 e. The lowest BCUT2D eigenvalue weighted by molar-refractivity contribution is 0.0732. The number of furan rings is 1. The first-order chi connectivity index (χ1) is 13.7. The molecule has 0 radical (unpaired) electrons. The Morgan fingerprint density at radius 1 is 1.14 bits per heavy atom. The number of hydrogen-bond donors (Lipinski definition) is 0. The van der Waals surface area contributed by atoms with E-state index in [-0.39, 0.29) is 5.91 Å². The molecule has 0 N–H and O–H groups in total. The van der Waals surface area contributed by atoms with Crippen LogP contribution >= 0.6 is 11.8 Å². The Labute approximate surface area is 168 Å². The molecule has 6 heteroatoms. The molecule has 1 amide bonds. The van der Waals surface area contributed by atoms with Gasteiger partial charge in [-0.3, -0.25) is 4.79 Å². The molecule has 0 aliphatic carbocycles. The molecule has 0 unspecified atom stereocenters. The van der Waals surface area contributed by atoms with Crippen molar-refractivity contribution < 1.29 is 18.7 Å². The van der Waals surface area contributed by atoms with Crippen LogP contribution < -0.4 is 9.47 Å². The summed E-state index contributed by atoms with van der Waals surface area (Å²) in [5.41, 5.74) is 3.59. The van der Waals surface area contributed by atoms with Crippen molar-refractivity contribution in [2.45, 2.75) is 11.4 Å². The van der Waals surface area contributed by atoms with Gasteiger partial charge in [0.2, 0.25) is 0 Å². The Kier molecular flexibility index (Phi) is 5.30. The van der Waals surface area contributed by atoms with Gasteiger partial charge in [-0.25, -0.2) is 0 Å². The quantitative estimate of drug-likeness (QED) is 0.599. The van der Waals surface area contributed by atoms with Gasteiger partial charge in [0.25, 0.3) is 5.91 Å². The van der Waals surface area contributed by atoms with Crippen molar-refractivity contribution in [3.8, 4) is 22.6 Å². The highest BCUT2D eigenvalue weighted by atomic mass is 32.2. The molecule has 144 valence electrons. The summed E-state index contributed by atoms with van der Waals surface area (Å²) in [6.45, 7) is 1.36. The molecule has 28 heavy (non-hydrogen) atoms. The molecule has 3 aromatic rings. The van der Waals surface area contributed by atoms with Gasteiger partial charge in [0, 0.05) is 17.0 Å². The fourth-order valence-corrected chi connectivity index (χ4v) is 3.74. The van der Waals surface area contributed by atoms with Crippen LogP contribution in [-0.4, -0.2) is 37.3 Å². The lowest BCUT2D eigenvalue weighted by atomic mass is 10.0. The molecule has 0 bridgehead atoms. The van der Waals surface area contributed by atoms with E-state index in [0.717, 1.165) is 16.7 Å². The zero-order chi connectivity index (χ0) is 19.5. The number of methoxy groups -OCH3 is 1. The van der Waals surface area contributed by atoms with Crippen LogP contribution in [0.1, 0.15) is 15.9 Å². The summed E-state index contributed by atoms with van der Waals surface area (Å²) in [4.78, 5) is 15.8. The van der Waals surface area contributed by atoms with Crippen LogP contribution in [0.2, 0.25) is 0 Å². The molecule has 0 atom stereocenters. The van der Waals surface area contributed by atoms with E-state index in [1.165, 1.54) is 17.4 Å². The predicted molar refractivity (Wildman–Crippen MR) is 109 cm³/mol. The lowest BCUT2D eigenvalue weighted by Gasteiger charge is -2.19. The maximum absolute atomic E-state index is 12.8.